The highest BCUT2D eigenvalue weighted by atomic mass is 32.2. The van der Waals surface area contributed by atoms with Crippen molar-refractivity contribution in [3.63, 3.8) is 0 Å². The molecule has 0 spiro atoms. The maximum Gasteiger partial charge on any atom is 0.240 e. The lowest BCUT2D eigenvalue weighted by Gasteiger charge is -2.34. The normalized spacial score (nSPS) is 17.4. The quantitative estimate of drug-likeness (QED) is 0.853. The van der Waals surface area contributed by atoms with Crippen LogP contribution in [0.2, 0.25) is 0 Å². The molecule has 0 atom stereocenters. The van der Waals surface area contributed by atoms with Crippen molar-refractivity contribution < 1.29 is 13.2 Å². The first-order valence-electron chi connectivity index (χ1n) is 8.63. The van der Waals surface area contributed by atoms with E-state index in [1.807, 2.05) is 13.8 Å². The minimum atomic E-state index is -3.48. The van der Waals surface area contributed by atoms with E-state index < -0.39 is 10.0 Å². The molecule has 1 aliphatic rings. The summed E-state index contributed by atoms with van der Waals surface area (Å²) >= 11 is 0. The zero-order valence-corrected chi connectivity index (χ0v) is 16.2. The second kappa shape index (κ2) is 7.85. The SMILES string of the molecule is COc1c(C)cc(S(=O)(=O)NCC2CCN(C(C)C)CC2)cc1C. The number of methoxy groups -OCH3 is 1. The first-order valence-corrected chi connectivity index (χ1v) is 10.1. The molecule has 24 heavy (non-hydrogen) atoms. The Labute approximate surface area is 146 Å². The van der Waals surface area contributed by atoms with Crippen LogP contribution < -0.4 is 9.46 Å². The largest absolute Gasteiger partial charge is 0.496 e. The van der Waals surface area contributed by atoms with Gasteiger partial charge in [-0.3, -0.25) is 0 Å². The smallest absolute Gasteiger partial charge is 0.240 e. The van der Waals surface area contributed by atoms with E-state index in [1.54, 1.807) is 19.2 Å². The highest BCUT2D eigenvalue weighted by Crippen LogP contribution is 2.26. The number of hydrogen-bond donors (Lipinski definition) is 1. The fourth-order valence-corrected chi connectivity index (χ4v) is 4.66. The first kappa shape index (κ1) is 19.2. The van der Waals surface area contributed by atoms with E-state index in [2.05, 4.69) is 23.5 Å². The van der Waals surface area contributed by atoms with Crippen LogP contribution >= 0.6 is 0 Å². The van der Waals surface area contributed by atoms with Crippen molar-refractivity contribution in [3.8, 4) is 5.75 Å². The van der Waals surface area contributed by atoms with Gasteiger partial charge in [0.25, 0.3) is 0 Å². The molecular formula is C18H30N2O3S. The summed E-state index contributed by atoms with van der Waals surface area (Å²) in [5.41, 5.74) is 1.67. The highest BCUT2D eigenvalue weighted by Gasteiger charge is 2.23. The Bertz CT molecular complexity index is 640. The second-order valence-corrected chi connectivity index (χ2v) is 8.78. The Morgan fingerprint density at radius 2 is 1.75 bits per heavy atom. The Morgan fingerprint density at radius 1 is 1.21 bits per heavy atom. The van der Waals surface area contributed by atoms with Crippen molar-refractivity contribution in [3.05, 3.63) is 23.3 Å². The molecule has 1 aromatic carbocycles. The van der Waals surface area contributed by atoms with Gasteiger partial charge in [-0.15, -0.1) is 0 Å². The summed E-state index contributed by atoms with van der Waals surface area (Å²) in [6.07, 6.45) is 2.09. The van der Waals surface area contributed by atoms with Crippen LogP contribution in [-0.2, 0) is 10.0 Å². The number of aryl methyl sites for hydroxylation is 2. The molecule has 0 aromatic heterocycles. The molecule has 0 amide bonds. The molecular weight excluding hydrogens is 324 g/mol. The van der Waals surface area contributed by atoms with E-state index in [4.69, 9.17) is 4.74 Å². The van der Waals surface area contributed by atoms with Gasteiger partial charge < -0.3 is 9.64 Å². The zero-order valence-electron chi connectivity index (χ0n) is 15.4. The van der Waals surface area contributed by atoms with Crippen LogP contribution in [0.5, 0.6) is 5.75 Å². The third-order valence-corrected chi connectivity index (χ3v) is 6.29. The number of hydrogen-bond acceptors (Lipinski definition) is 4. The van der Waals surface area contributed by atoms with E-state index in [9.17, 15) is 8.42 Å². The number of rotatable bonds is 6. The van der Waals surface area contributed by atoms with Gasteiger partial charge in [0.1, 0.15) is 5.75 Å². The number of likely N-dealkylation sites (tertiary alicyclic amines) is 1. The number of piperidine rings is 1. The lowest BCUT2D eigenvalue weighted by Crippen LogP contribution is -2.41. The van der Waals surface area contributed by atoms with Gasteiger partial charge in [-0.1, -0.05) is 0 Å². The number of sulfonamides is 1. The molecule has 0 aliphatic carbocycles. The van der Waals surface area contributed by atoms with E-state index in [1.165, 1.54) is 0 Å². The van der Waals surface area contributed by atoms with Gasteiger partial charge >= 0.3 is 0 Å². The number of nitrogens with one attached hydrogen (secondary N) is 1. The summed E-state index contributed by atoms with van der Waals surface area (Å²) in [7, 11) is -1.88. The molecule has 0 radical (unpaired) electrons. The minimum Gasteiger partial charge on any atom is -0.496 e. The van der Waals surface area contributed by atoms with Crippen molar-refractivity contribution in [1.82, 2.24) is 9.62 Å². The van der Waals surface area contributed by atoms with Crippen LogP contribution in [0.3, 0.4) is 0 Å². The molecule has 1 aromatic rings. The van der Waals surface area contributed by atoms with E-state index in [-0.39, 0.29) is 0 Å². The number of ether oxygens (including phenoxy) is 1. The summed E-state index contributed by atoms with van der Waals surface area (Å²) in [4.78, 5) is 2.76. The van der Waals surface area contributed by atoms with Crippen molar-refractivity contribution >= 4 is 10.0 Å². The van der Waals surface area contributed by atoms with Gasteiger partial charge in [0.2, 0.25) is 10.0 Å². The predicted molar refractivity (Wildman–Crippen MR) is 97.1 cm³/mol. The Hall–Kier alpha value is -1.11. The standard InChI is InChI=1S/C18H30N2O3S/c1-13(2)20-8-6-16(7-9-20)12-19-24(21,22)17-10-14(3)18(23-5)15(4)11-17/h10-11,13,16,19H,6-9,12H2,1-5H3. The van der Waals surface area contributed by atoms with Crippen LogP contribution in [0.15, 0.2) is 17.0 Å². The maximum atomic E-state index is 12.6. The predicted octanol–water partition coefficient (Wildman–Crippen LogP) is 2.71. The number of nitrogens with zero attached hydrogens (tertiary/aromatic N) is 1. The van der Waals surface area contributed by atoms with Crippen molar-refractivity contribution in [2.45, 2.75) is 51.5 Å². The fraction of sp³-hybridized carbons (Fsp3) is 0.667. The zero-order chi connectivity index (χ0) is 17.9. The Kier molecular flexibility index (Phi) is 6.28. The lowest BCUT2D eigenvalue weighted by atomic mass is 9.96. The number of benzene rings is 1. The topological polar surface area (TPSA) is 58.6 Å². The van der Waals surface area contributed by atoms with E-state index >= 15 is 0 Å². The average Bonchev–Trinajstić information content (AvgIpc) is 2.53. The Balaban J connectivity index is 2.00. The minimum absolute atomic E-state index is 0.318. The van der Waals surface area contributed by atoms with Crippen LogP contribution in [-0.4, -0.2) is 46.1 Å². The highest BCUT2D eigenvalue weighted by molar-refractivity contribution is 7.89. The summed E-state index contributed by atoms with van der Waals surface area (Å²) < 4.78 is 33.3. The van der Waals surface area contributed by atoms with Gasteiger partial charge in [0.15, 0.2) is 0 Å². The van der Waals surface area contributed by atoms with Crippen molar-refractivity contribution in [1.29, 1.82) is 0 Å². The summed E-state index contributed by atoms with van der Waals surface area (Å²) in [6.45, 7) is 10.8. The third-order valence-electron chi connectivity index (χ3n) is 4.89. The van der Waals surface area contributed by atoms with Crippen LogP contribution in [0, 0.1) is 19.8 Å². The van der Waals surface area contributed by atoms with Crippen LogP contribution in [0.25, 0.3) is 0 Å². The van der Waals surface area contributed by atoms with Crippen molar-refractivity contribution in [2.24, 2.45) is 5.92 Å². The molecule has 0 unspecified atom stereocenters. The van der Waals surface area contributed by atoms with Gasteiger partial charge in [-0.05, 0) is 82.8 Å². The maximum absolute atomic E-state index is 12.6. The summed E-state index contributed by atoms with van der Waals surface area (Å²) in [5.74, 6) is 1.16. The molecule has 1 fully saturated rings. The molecule has 136 valence electrons. The molecule has 1 heterocycles. The van der Waals surface area contributed by atoms with Gasteiger partial charge in [-0.2, -0.15) is 0 Å². The lowest BCUT2D eigenvalue weighted by molar-refractivity contribution is 0.151. The summed E-state index contributed by atoms with van der Waals surface area (Å²) in [6, 6.07) is 3.92. The van der Waals surface area contributed by atoms with Crippen LogP contribution in [0.1, 0.15) is 37.8 Å². The van der Waals surface area contributed by atoms with Gasteiger partial charge in [0.05, 0.1) is 12.0 Å². The molecule has 1 N–H and O–H groups in total. The molecule has 1 saturated heterocycles. The molecule has 2 rings (SSSR count). The molecule has 0 bridgehead atoms. The molecule has 1 aliphatic heterocycles. The molecule has 5 nitrogen and oxygen atoms in total. The van der Waals surface area contributed by atoms with E-state index in [0.29, 0.717) is 23.4 Å². The fourth-order valence-electron chi connectivity index (χ4n) is 3.37. The Morgan fingerprint density at radius 3 is 2.21 bits per heavy atom. The van der Waals surface area contributed by atoms with Gasteiger partial charge in [-0.25, -0.2) is 13.1 Å². The molecule has 0 saturated carbocycles. The molecule has 6 heteroatoms. The third kappa shape index (κ3) is 4.49. The summed E-state index contributed by atoms with van der Waals surface area (Å²) in [5, 5.41) is 0. The average molecular weight is 355 g/mol. The van der Waals surface area contributed by atoms with E-state index in [0.717, 1.165) is 42.8 Å². The van der Waals surface area contributed by atoms with Crippen LogP contribution in [0.4, 0.5) is 0 Å². The van der Waals surface area contributed by atoms with Crippen molar-refractivity contribution in [2.75, 3.05) is 26.7 Å². The second-order valence-electron chi connectivity index (χ2n) is 7.02. The van der Waals surface area contributed by atoms with Gasteiger partial charge in [0, 0.05) is 12.6 Å². The monoisotopic (exact) mass is 354 g/mol. The first-order chi connectivity index (χ1) is 11.2.